The van der Waals surface area contributed by atoms with Gasteiger partial charge >= 0.3 is 0 Å². The first-order valence-corrected chi connectivity index (χ1v) is 9.20. The van der Waals surface area contributed by atoms with E-state index in [-0.39, 0.29) is 0 Å². The van der Waals surface area contributed by atoms with E-state index in [4.69, 9.17) is 4.52 Å². The second kappa shape index (κ2) is 9.02. The fourth-order valence-corrected chi connectivity index (χ4v) is 3.40. The summed E-state index contributed by atoms with van der Waals surface area (Å²) in [6.45, 7) is 8.69. The molecule has 1 fully saturated rings. The molecular formula is C15H27N5OS. The summed E-state index contributed by atoms with van der Waals surface area (Å²) >= 11 is 2.03. The first kappa shape index (κ1) is 17.1. The second-order valence-electron chi connectivity index (χ2n) is 5.73. The van der Waals surface area contributed by atoms with Gasteiger partial charge in [0.15, 0.2) is 11.8 Å². The highest BCUT2D eigenvalue weighted by Crippen LogP contribution is 2.25. The van der Waals surface area contributed by atoms with Crippen LogP contribution in [0.25, 0.3) is 0 Å². The van der Waals surface area contributed by atoms with Crippen molar-refractivity contribution in [2.75, 3.05) is 25.4 Å². The molecule has 6 nitrogen and oxygen atoms in total. The van der Waals surface area contributed by atoms with Crippen molar-refractivity contribution < 1.29 is 4.52 Å². The van der Waals surface area contributed by atoms with Gasteiger partial charge in [0.05, 0.1) is 6.54 Å². The van der Waals surface area contributed by atoms with Gasteiger partial charge in [-0.25, -0.2) is 0 Å². The summed E-state index contributed by atoms with van der Waals surface area (Å²) in [5.74, 6) is 3.90. The zero-order valence-corrected chi connectivity index (χ0v) is 14.6. The Labute approximate surface area is 136 Å². The minimum absolute atomic E-state index is 0.299. The summed E-state index contributed by atoms with van der Waals surface area (Å²) in [6.07, 6.45) is 3.32. The van der Waals surface area contributed by atoms with Crippen LogP contribution in [0.15, 0.2) is 9.52 Å². The van der Waals surface area contributed by atoms with Crippen LogP contribution in [0.1, 0.15) is 51.2 Å². The number of guanidine groups is 1. The molecule has 124 valence electrons. The van der Waals surface area contributed by atoms with Crippen LogP contribution in [0.2, 0.25) is 0 Å². The van der Waals surface area contributed by atoms with Crippen LogP contribution in [0.3, 0.4) is 0 Å². The molecule has 1 aromatic heterocycles. The number of aromatic nitrogens is 2. The van der Waals surface area contributed by atoms with Crippen molar-refractivity contribution in [1.82, 2.24) is 20.8 Å². The van der Waals surface area contributed by atoms with Gasteiger partial charge < -0.3 is 15.2 Å². The predicted molar refractivity (Wildman–Crippen MR) is 91.6 cm³/mol. The van der Waals surface area contributed by atoms with Crippen LogP contribution in [0.4, 0.5) is 0 Å². The molecule has 1 aliphatic heterocycles. The number of nitrogens with one attached hydrogen (secondary N) is 2. The molecule has 0 aromatic carbocycles. The smallest absolute Gasteiger partial charge is 0.228 e. The lowest BCUT2D eigenvalue weighted by Gasteiger charge is -2.11. The highest BCUT2D eigenvalue weighted by molar-refractivity contribution is 8.00. The first-order chi connectivity index (χ1) is 10.7. The van der Waals surface area contributed by atoms with Crippen molar-refractivity contribution in [3.8, 4) is 0 Å². The third-order valence-electron chi connectivity index (χ3n) is 3.45. The van der Waals surface area contributed by atoms with E-state index in [1.165, 1.54) is 18.6 Å². The number of aliphatic imine (C=N–C) groups is 1. The highest BCUT2D eigenvalue weighted by Gasteiger charge is 2.15. The minimum atomic E-state index is 0.299. The quantitative estimate of drug-likeness (QED) is 0.591. The number of hydrogen-bond donors (Lipinski definition) is 2. The summed E-state index contributed by atoms with van der Waals surface area (Å²) in [6, 6.07) is 0. The SMILES string of the molecule is CCNC(=NCC1CCCS1)NCCc1nc(C(C)C)no1. The largest absolute Gasteiger partial charge is 0.357 e. The van der Waals surface area contributed by atoms with E-state index >= 15 is 0 Å². The van der Waals surface area contributed by atoms with Gasteiger partial charge in [0.2, 0.25) is 5.89 Å². The molecule has 0 amide bonds. The van der Waals surface area contributed by atoms with Gasteiger partial charge in [-0.1, -0.05) is 19.0 Å². The molecule has 1 atom stereocenters. The van der Waals surface area contributed by atoms with Gasteiger partial charge in [-0.3, -0.25) is 4.99 Å². The summed E-state index contributed by atoms with van der Waals surface area (Å²) in [5, 5.41) is 11.3. The Hall–Kier alpha value is -1.24. The van der Waals surface area contributed by atoms with E-state index in [1.54, 1.807) is 0 Å². The van der Waals surface area contributed by atoms with Crippen LogP contribution in [-0.2, 0) is 6.42 Å². The van der Waals surface area contributed by atoms with E-state index in [0.29, 0.717) is 23.5 Å². The van der Waals surface area contributed by atoms with Crippen LogP contribution >= 0.6 is 11.8 Å². The van der Waals surface area contributed by atoms with Gasteiger partial charge in [-0.15, -0.1) is 0 Å². The van der Waals surface area contributed by atoms with E-state index in [9.17, 15) is 0 Å². The number of hydrogen-bond acceptors (Lipinski definition) is 5. The van der Waals surface area contributed by atoms with Crippen molar-refractivity contribution in [2.24, 2.45) is 4.99 Å². The summed E-state index contributed by atoms with van der Waals surface area (Å²) in [7, 11) is 0. The van der Waals surface area contributed by atoms with Crippen LogP contribution < -0.4 is 10.6 Å². The Morgan fingerprint density at radius 3 is 2.95 bits per heavy atom. The Kier molecular flexibility index (Phi) is 7.02. The van der Waals surface area contributed by atoms with E-state index in [0.717, 1.165) is 31.4 Å². The normalized spacial score (nSPS) is 18.9. The second-order valence-corrected chi connectivity index (χ2v) is 7.14. The van der Waals surface area contributed by atoms with Gasteiger partial charge in [0.25, 0.3) is 0 Å². The van der Waals surface area contributed by atoms with Gasteiger partial charge in [-0.05, 0) is 25.5 Å². The lowest BCUT2D eigenvalue weighted by Crippen LogP contribution is -2.38. The van der Waals surface area contributed by atoms with Crippen molar-refractivity contribution in [3.05, 3.63) is 11.7 Å². The maximum absolute atomic E-state index is 5.24. The highest BCUT2D eigenvalue weighted by atomic mass is 32.2. The lowest BCUT2D eigenvalue weighted by atomic mass is 10.2. The average Bonchev–Trinajstić information content (AvgIpc) is 3.16. The van der Waals surface area contributed by atoms with Gasteiger partial charge in [-0.2, -0.15) is 16.7 Å². The van der Waals surface area contributed by atoms with Gasteiger partial charge in [0.1, 0.15) is 0 Å². The number of rotatable bonds is 7. The molecule has 0 bridgehead atoms. The number of thioether (sulfide) groups is 1. The zero-order valence-electron chi connectivity index (χ0n) is 13.8. The molecule has 2 N–H and O–H groups in total. The molecule has 7 heteroatoms. The zero-order chi connectivity index (χ0) is 15.8. The molecule has 0 radical (unpaired) electrons. The van der Waals surface area contributed by atoms with Crippen LogP contribution in [0, 0.1) is 0 Å². The maximum atomic E-state index is 5.24. The predicted octanol–water partition coefficient (Wildman–Crippen LogP) is 2.19. The van der Waals surface area contributed by atoms with Crippen molar-refractivity contribution in [1.29, 1.82) is 0 Å². The Morgan fingerprint density at radius 1 is 1.45 bits per heavy atom. The first-order valence-electron chi connectivity index (χ1n) is 8.15. The standard InChI is InChI=1S/C15H27N5OS/c1-4-16-15(18-10-12-6-5-9-22-12)17-8-7-13-19-14(11(2)3)20-21-13/h11-12H,4-10H2,1-3H3,(H2,16,17,18). The molecule has 0 aliphatic carbocycles. The Bertz CT molecular complexity index is 468. The summed E-state index contributed by atoms with van der Waals surface area (Å²) in [5.41, 5.74) is 0. The fourth-order valence-electron chi connectivity index (χ4n) is 2.22. The third-order valence-corrected chi connectivity index (χ3v) is 4.83. The fraction of sp³-hybridized carbons (Fsp3) is 0.800. The number of nitrogens with zero attached hydrogens (tertiary/aromatic N) is 3. The third kappa shape index (κ3) is 5.51. The Morgan fingerprint density at radius 2 is 2.32 bits per heavy atom. The van der Waals surface area contributed by atoms with E-state index < -0.39 is 0 Å². The maximum Gasteiger partial charge on any atom is 0.228 e. The molecule has 1 saturated heterocycles. The van der Waals surface area contributed by atoms with Crippen LogP contribution in [-0.4, -0.2) is 46.7 Å². The lowest BCUT2D eigenvalue weighted by molar-refractivity contribution is 0.371. The molecule has 1 aromatic rings. The molecule has 0 spiro atoms. The molecule has 22 heavy (non-hydrogen) atoms. The molecule has 1 aliphatic rings. The van der Waals surface area contributed by atoms with Crippen LogP contribution in [0.5, 0.6) is 0 Å². The van der Waals surface area contributed by atoms with E-state index in [1.807, 2.05) is 11.8 Å². The average molecular weight is 325 g/mol. The molecule has 1 unspecified atom stereocenters. The van der Waals surface area contributed by atoms with Gasteiger partial charge in [0, 0.05) is 30.7 Å². The molecule has 2 heterocycles. The molecular weight excluding hydrogens is 298 g/mol. The molecule has 0 saturated carbocycles. The molecule has 2 rings (SSSR count). The van der Waals surface area contributed by atoms with E-state index in [2.05, 4.69) is 46.5 Å². The summed E-state index contributed by atoms with van der Waals surface area (Å²) < 4.78 is 5.24. The Balaban J connectivity index is 1.76. The van der Waals surface area contributed by atoms with Crippen molar-refractivity contribution in [3.63, 3.8) is 0 Å². The van der Waals surface area contributed by atoms with Crippen molar-refractivity contribution in [2.45, 2.75) is 51.2 Å². The minimum Gasteiger partial charge on any atom is -0.357 e. The summed E-state index contributed by atoms with van der Waals surface area (Å²) in [4.78, 5) is 9.05. The monoisotopic (exact) mass is 325 g/mol. The van der Waals surface area contributed by atoms with Crippen molar-refractivity contribution >= 4 is 17.7 Å². The topological polar surface area (TPSA) is 75.3 Å².